The highest BCUT2D eigenvalue weighted by atomic mass is 16.5. The van der Waals surface area contributed by atoms with Gasteiger partial charge >= 0.3 is 11.9 Å². The van der Waals surface area contributed by atoms with Crippen molar-refractivity contribution in [1.29, 1.82) is 0 Å². The number of nitrogens with one attached hydrogen (secondary N) is 1. The number of carboxylic acids is 1. The number of esters is 1. The summed E-state index contributed by atoms with van der Waals surface area (Å²) in [6.45, 7) is 0. The van der Waals surface area contributed by atoms with Gasteiger partial charge in [-0.1, -0.05) is 18.2 Å². The van der Waals surface area contributed by atoms with Gasteiger partial charge in [0.25, 0.3) is 0 Å². The van der Waals surface area contributed by atoms with Crippen LogP contribution in [0.1, 0.15) is 29.6 Å². The van der Waals surface area contributed by atoms with Crippen LogP contribution in [-0.2, 0) is 9.53 Å². The fourth-order valence-electron chi connectivity index (χ4n) is 3.24. The zero-order valence-corrected chi connectivity index (χ0v) is 11.0. The molecule has 2 aliphatic rings. The lowest BCUT2D eigenvalue weighted by atomic mass is 9.89. The molecule has 20 heavy (non-hydrogen) atoms. The van der Waals surface area contributed by atoms with E-state index in [-0.39, 0.29) is 12.1 Å². The highest BCUT2D eigenvalue weighted by molar-refractivity contribution is 5.89. The topological polar surface area (TPSA) is 75.6 Å². The first-order valence-corrected chi connectivity index (χ1v) is 6.90. The Kier molecular flexibility index (Phi) is 3.44. The molecule has 4 atom stereocenters. The molecule has 0 radical (unpaired) electrons. The van der Waals surface area contributed by atoms with Crippen LogP contribution in [0.15, 0.2) is 30.3 Å². The summed E-state index contributed by atoms with van der Waals surface area (Å²) in [5.74, 6) is -1.99. The van der Waals surface area contributed by atoms with Crippen LogP contribution in [0.5, 0.6) is 0 Å². The van der Waals surface area contributed by atoms with Gasteiger partial charge in [0.15, 0.2) is 0 Å². The van der Waals surface area contributed by atoms with E-state index in [1.54, 1.807) is 24.3 Å². The van der Waals surface area contributed by atoms with Crippen LogP contribution in [0.4, 0.5) is 0 Å². The molecule has 2 fully saturated rings. The van der Waals surface area contributed by atoms with Crippen LogP contribution in [0.25, 0.3) is 0 Å². The monoisotopic (exact) mass is 275 g/mol. The SMILES string of the molecule is O=C(O[C@H]1C[C@@H]2CC[C@H](N2)[C@@H]1C(=O)O)c1ccccc1. The summed E-state index contributed by atoms with van der Waals surface area (Å²) in [6.07, 6.45) is 1.82. The molecule has 2 aliphatic heterocycles. The standard InChI is InChI=1S/C15H17NO4/c17-14(18)13-11-7-6-10(16-11)8-12(13)20-15(19)9-4-2-1-3-5-9/h1-5,10-13,16H,6-8H2,(H,17,18)/t10-,11-,12-,13-/m0/s1. The van der Waals surface area contributed by atoms with E-state index < -0.39 is 24.0 Å². The van der Waals surface area contributed by atoms with Crippen LogP contribution in [-0.4, -0.2) is 35.2 Å². The van der Waals surface area contributed by atoms with Crippen molar-refractivity contribution in [3.63, 3.8) is 0 Å². The lowest BCUT2D eigenvalue weighted by Crippen LogP contribution is -2.52. The van der Waals surface area contributed by atoms with Gasteiger partial charge in [-0.15, -0.1) is 0 Å². The Balaban J connectivity index is 1.75. The van der Waals surface area contributed by atoms with Crippen LogP contribution in [0.2, 0.25) is 0 Å². The lowest BCUT2D eigenvalue weighted by molar-refractivity contribution is -0.148. The van der Waals surface area contributed by atoms with E-state index in [0.717, 1.165) is 12.8 Å². The van der Waals surface area contributed by atoms with Crippen molar-refractivity contribution in [2.75, 3.05) is 0 Å². The smallest absolute Gasteiger partial charge is 0.338 e. The molecule has 5 nitrogen and oxygen atoms in total. The highest BCUT2D eigenvalue weighted by Crippen LogP contribution is 2.34. The molecule has 2 heterocycles. The largest absolute Gasteiger partial charge is 0.481 e. The third-order valence-corrected chi connectivity index (χ3v) is 4.18. The normalized spacial score (nSPS) is 31.8. The average Bonchev–Trinajstić information content (AvgIpc) is 2.81. The first-order chi connectivity index (χ1) is 9.65. The average molecular weight is 275 g/mol. The summed E-state index contributed by atoms with van der Waals surface area (Å²) in [7, 11) is 0. The summed E-state index contributed by atoms with van der Waals surface area (Å²) in [5.41, 5.74) is 0.461. The number of rotatable bonds is 3. The Bertz CT molecular complexity index is 516. The maximum Gasteiger partial charge on any atom is 0.338 e. The lowest BCUT2D eigenvalue weighted by Gasteiger charge is -2.34. The molecule has 2 bridgehead atoms. The Hall–Kier alpha value is -1.88. The molecule has 0 aromatic heterocycles. The van der Waals surface area contributed by atoms with Crippen molar-refractivity contribution >= 4 is 11.9 Å². The number of piperidine rings is 1. The second-order valence-corrected chi connectivity index (χ2v) is 5.46. The molecule has 0 saturated carbocycles. The summed E-state index contributed by atoms with van der Waals surface area (Å²) in [6, 6.07) is 8.88. The summed E-state index contributed by atoms with van der Waals surface area (Å²) < 4.78 is 5.47. The Morgan fingerprint density at radius 2 is 1.95 bits per heavy atom. The Morgan fingerprint density at radius 3 is 2.65 bits per heavy atom. The van der Waals surface area contributed by atoms with Gasteiger partial charge in [-0.3, -0.25) is 4.79 Å². The van der Waals surface area contributed by atoms with Gasteiger partial charge in [-0.05, 0) is 25.0 Å². The Labute approximate surface area is 116 Å². The molecule has 2 saturated heterocycles. The summed E-state index contributed by atoms with van der Waals surface area (Å²) >= 11 is 0. The number of hydrogen-bond donors (Lipinski definition) is 2. The molecule has 2 N–H and O–H groups in total. The fourth-order valence-corrected chi connectivity index (χ4v) is 3.24. The van der Waals surface area contributed by atoms with Crippen LogP contribution in [0.3, 0.4) is 0 Å². The maximum atomic E-state index is 12.1. The molecule has 3 rings (SSSR count). The predicted molar refractivity (Wildman–Crippen MR) is 71.3 cm³/mol. The van der Waals surface area contributed by atoms with E-state index in [1.807, 2.05) is 6.07 Å². The second-order valence-electron chi connectivity index (χ2n) is 5.46. The number of hydrogen-bond acceptors (Lipinski definition) is 4. The van der Waals surface area contributed by atoms with E-state index in [1.165, 1.54) is 0 Å². The molecule has 0 spiro atoms. The molecule has 0 aliphatic carbocycles. The zero-order chi connectivity index (χ0) is 14.1. The molecule has 1 aromatic rings. The van der Waals surface area contributed by atoms with E-state index in [4.69, 9.17) is 4.74 Å². The van der Waals surface area contributed by atoms with Crippen LogP contribution < -0.4 is 5.32 Å². The van der Waals surface area contributed by atoms with Gasteiger partial charge in [0.1, 0.15) is 12.0 Å². The first-order valence-electron chi connectivity index (χ1n) is 6.90. The number of ether oxygens (including phenoxy) is 1. The van der Waals surface area contributed by atoms with Crippen molar-refractivity contribution in [2.45, 2.75) is 37.5 Å². The second kappa shape index (κ2) is 5.25. The number of carboxylic acid groups (broad SMARTS) is 1. The maximum absolute atomic E-state index is 12.1. The third kappa shape index (κ3) is 2.41. The van der Waals surface area contributed by atoms with Crippen molar-refractivity contribution in [2.24, 2.45) is 5.92 Å². The van der Waals surface area contributed by atoms with Gasteiger partial charge < -0.3 is 15.2 Å². The minimum absolute atomic E-state index is 0.0835. The zero-order valence-electron chi connectivity index (χ0n) is 11.0. The predicted octanol–water partition coefficient (Wildman–Crippen LogP) is 1.44. The highest BCUT2D eigenvalue weighted by Gasteiger charge is 2.47. The van der Waals surface area contributed by atoms with E-state index in [0.29, 0.717) is 12.0 Å². The molecule has 5 heteroatoms. The van der Waals surface area contributed by atoms with Crippen LogP contribution >= 0.6 is 0 Å². The summed E-state index contributed by atoms with van der Waals surface area (Å²) in [5, 5.41) is 12.7. The number of carbonyl (C=O) groups excluding carboxylic acids is 1. The quantitative estimate of drug-likeness (QED) is 0.816. The number of benzene rings is 1. The van der Waals surface area contributed by atoms with E-state index in [9.17, 15) is 14.7 Å². The molecular weight excluding hydrogens is 258 g/mol. The number of fused-ring (bicyclic) bond motifs is 2. The van der Waals surface area contributed by atoms with Crippen LogP contribution in [0, 0.1) is 5.92 Å². The van der Waals surface area contributed by atoms with Gasteiger partial charge in [-0.25, -0.2) is 4.79 Å². The summed E-state index contributed by atoms with van der Waals surface area (Å²) in [4.78, 5) is 23.5. The number of carbonyl (C=O) groups is 2. The third-order valence-electron chi connectivity index (χ3n) is 4.18. The number of aliphatic carboxylic acids is 1. The van der Waals surface area contributed by atoms with Crippen molar-refractivity contribution < 1.29 is 19.4 Å². The van der Waals surface area contributed by atoms with Crippen molar-refractivity contribution in [3.05, 3.63) is 35.9 Å². The van der Waals surface area contributed by atoms with Gasteiger partial charge in [-0.2, -0.15) is 0 Å². The molecule has 106 valence electrons. The fraction of sp³-hybridized carbons (Fsp3) is 0.467. The molecule has 1 aromatic carbocycles. The molecular formula is C15H17NO4. The first kappa shape index (κ1) is 13.1. The van der Waals surface area contributed by atoms with E-state index in [2.05, 4.69) is 5.32 Å². The van der Waals surface area contributed by atoms with Crippen molar-refractivity contribution in [1.82, 2.24) is 5.32 Å². The minimum atomic E-state index is -0.895. The van der Waals surface area contributed by atoms with Gasteiger partial charge in [0, 0.05) is 18.5 Å². The van der Waals surface area contributed by atoms with Crippen molar-refractivity contribution in [3.8, 4) is 0 Å². The van der Waals surface area contributed by atoms with Gasteiger partial charge in [0.05, 0.1) is 5.56 Å². The molecule has 0 amide bonds. The molecule has 0 unspecified atom stereocenters. The van der Waals surface area contributed by atoms with E-state index >= 15 is 0 Å². The Morgan fingerprint density at radius 1 is 1.20 bits per heavy atom. The van der Waals surface area contributed by atoms with Gasteiger partial charge in [0.2, 0.25) is 0 Å². The minimum Gasteiger partial charge on any atom is -0.481 e.